The predicted octanol–water partition coefficient (Wildman–Crippen LogP) is 5.10. The molecular formula is C22H22N2O2. The summed E-state index contributed by atoms with van der Waals surface area (Å²) in [7, 11) is 0. The highest BCUT2D eigenvalue weighted by Crippen LogP contribution is 2.32. The van der Waals surface area contributed by atoms with Crippen LogP contribution in [0, 0.1) is 0 Å². The number of nitrogens with zero attached hydrogens (tertiary/aromatic N) is 2. The van der Waals surface area contributed by atoms with Crippen LogP contribution in [0.3, 0.4) is 0 Å². The fraction of sp³-hybridized carbons (Fsp3) is 0.273. The molecule has 1 fully saturated rings. The van der Waals surface area contributed by atoms with Crippen molar-refractivity contribution in [3.05, 3.63) is 78.0 Å². The van der Waals surface area contributed by atoms with E-state index in [1.807, 2.05) is 47.4 Å². The molecule has 0 spiro atoms. The van der Waals surface area contributed by atoms with E-state index in [0.717, 1.165) is 47.8 Å². The molecule has 4 rings (SSSR count). The Kier molecular flexibility index (Phi) is 4.82. The van der Waals surface area contributed by atoms with Gasteiger partial charge in [0, 0.05) is 18.1 Å². The SMILES string of the molecule is O=C(OCc1ccccc1)N1CCCCC1c1ccc2ncccc2c1. The summed E-state index contributed by atoms with van der Waals surface area (Å²) in [5.41, 5.74) is 3.14. The molecule has 0 bridgehead atoms. The van der Waals surface area contributed by atoms with Crippen molar-refractivity contribution in [1.29, 1.82) is 0 Å². The molecule has 1 amide bonds. The molecule has 2 heterocycles. The molecule has 1 aliphatic heterocycles. The molecule has 1 atom stereocenters. The van der Waals surface area contributed by atoms with Crippen LogP contribution in [0.2, 0.25) is 0 Å². The highest BCUT2D eigenvalue weighted by Gasteiger charge is 2.29. The number of carbonyl (C=O) groups excluding carboxylic acids is 1. The number of benzene rings is 2. The van der Waals surface area contributed by atoms with Crippen LogP contribution in [0.4, 0.5) is 4.79 Å². The molecule has 0 radical (unpaired) electrons. The summed E-state index contributed by atoms with van der Waals surface area (Å²) in [5.74, 6) is 0. The number of carbonyl (C=O) groups is 1. The number of pyridine rings is 1. The number of hydrogen-bond donors (Lipinski definition) is 0. The van der Waals surface area contributed by atoms with Crippen molar-refractivity contribution in [2.45, 2.75) is 31.9 Å². The zero-order chi connectivity index (χ0) is 17.8. The van der Waals surface area contributed by atoms with Gasteiger partial charge in [0.2, 0.25) is 0 Å². The second kappa shape index (κ2) is 7.56. The number of rotatable bonds is 3. The quantitative estimate of drug-likeness (QED) is 0.663. The minimum Gasteiger partial charge on any atom is -0.445 e. The predicted molar refractivity (Wildman–Crippen MR) is 102 cm³/mol. The standard InChI is InChI=1S/C22H22N2O2/c25-22(26-16-17-7-2-1-3-8-17)24-14-5-4-10-21(24)19-11-12-20-18(15-19)9-6-13-23-20/h1-3,6-9,11-13,15,21H,4-5,10,14,16H2. The summed E-state index contributed by atoms with van der Waals surface area (Å²) in [6.07, 6.45) is 4.68. The first-order valence-electron chi connectivity index (χ1n) is 9.13. The van der Waals surface area contributed by atoms with E-state index in [4.69, 9.17) is 4.74 Å². The Balaban J connectivity index is 1.52. The van der Waals surface area contributed by atoms with Gasteiger partial charge in [-0.2, -0.15) is 0 Å². The van der Waals surface area contributed by atoms with E-state index in [2.05, 4.69) is 23.2 Å². The lowest BCUT2D eigenvalue weighted by atomic mass is 9.94. The van der Waals surface area contributed by atoms with Crippen molar-refractivity contribution in [3.63, 3.8) is 0 Å². The third-order valence-corrected chi connectivity index (χ3v) is 4.95. The van der Waals surface area contributed by atoms with Crippen molar-refractivity contribution in [1.82, 2.24) is 9.88 Å². The average molecular weight is 346 g/mol. The fourth-order valence-electron chi connectivity index (χ4n) is 3.60. The molecule has 0 saturated carbocycles. The number of hydrogen-bond acceptors (Lipinski definition) is 3. The number of likely N-dealkylation sites (tertiary alicyclic amines) is 1. The van der Waals surface area contributed by atoms with Gasteiger partial charge in [-0.3, -0.25) is 4.98 Å². The first-order chi connectivity index (χ1) is 12.8. The van der Waals surface area contributed by atoms with Crippen LogP contribution >= 0.6 is 0 Å². The van der Waals surface area contributed by atoms with Crippen LogP contribution in [0.15, 0.2) is 66.9 Å². The molecule has 3 aromatic rings. The lowest BCUT2D eigenvalue weighted by Crippen LogP contribution is -2.38. The topological polar surface area (TPSA) is 42.4 Å². The molecule has 1 aliphatic rings. The van der Waals surface area contributed by atoms with Gasteiger partial charge in [-0.15, -0.1) is 0 Å². The number of aromatic nitrogens is 1. The summed E-state index contributed by atoms with van der Waals surface area (Å²) in [6.45, 7) is 1.05. The Morgan fingerprint density at radius 2 is 1.96 bits per heavy atom. The second-order valence-corrected chi connectivity index (χ2v) is 6.70. The average Bonchev–Trinajstić information content (AvgIpc) is 2.72. The minimum atomic E-state index is -0.232. The van der Waals surface area contributed by atoms with Crippen LogP contribution in [0.5, 0.6) is 0 Å². The largest absolute Gasteiger partial charge is 0.445 e. The van der Waals surface area contributed by atoms with Gasteiger partial charge in [0.05, 0.1) is 11.6 Å². The van der Waals surface area contributed by atoms with Gasteiger partial charge in [-0.1, -0.05) is 42.5 Å². The highest BCUT2D eigenvalue weighted by molar-refractivity contribution is 5.79. The van der Waals surface area contributed by atoms with Gasteiger partial charge >= 0.3 is 6.09 Å². The molecule has 1 saturated heterocycles. The Morgan fingerprint density at radius 3 is 2.85 bits per heavy atom. The van der Waals surface area contributed by atoms with Crippen molar-refractivity contribution in [3.8, 4) is 0 Å². The van der Waals surface area contributed by atoms with E-state index >= 15 is 0 Å². The Labute approximate surface area is 153 Å². The van der Waals surface area contributed by atoms with Gasteiger partial charge < -0.3 is 9.64 Å². The number of ether oxygens (including phenoxy) is 1. The molecule has 132 valence electrons. The summed E-state index contributed by atoms with van der Waals surface area (Å²) >= 11 is 0. The fourth-order valence-corrected chi connectivity index (χ4v) is 3.60. The maximum atomic E-state index is 12.7. The van der Waals surface area contributed by atoms with E-state index in [1.165, 1.54) is 0 Å². The summed E-state index contributed by atoms with van der Waals surface area (Å²) in [6, 6.07) is 20.1. The third-order valence-electron chi connectivity index (χ3n) is 4.95. The summed E-state index contributed by atoms with van der Waals surface area (Å²) in [5, 5.41) is 1.10. The monoisotopic (exact) mass is 346 g/mol. The van der Waals surface area contributed by atoms with E-state index in [-0.39, 0.29) is 12.1 Å². The first-order valence-corrected chi connectivity index (χ1v) is 9.13. The van der Waals surface area contributed by atoms with E-state index in [9.17, 15) is 4.79 Å². The van der Waals surface area contributed by atoms with Crippen LogP contribution < -0.4 is 0 Å². The zero-order valence-electron chi connectivity index (χ0n) is 14.7. The lowest BCUT2D eigenvalue weighted by molar-refractivity contribution is 0.0679. The molecule has 4 nitrogen and oxygen atoms in total. The Bertz CT molecular complexity index is 895. The maximum absolute atomic E-state index is 12.7. The van der Waals surface area contributed by atoms with Gasteiger partial charge in [0.15, 0.2) is 0 Å². The molecule has 4 heteroatoms. The Morgan fingerprint density at radius 1 is 1.08 bits per heavy atom. The van der Waals surface area contributed by atoms with Crippen LogP contribution in [-0.2, 0) is 11.3 Å². The highest BCUT2D eigenvalue weighted by atomic mass is 16.6. The normalized spacial score (nSPS) is 17.2. The van der Waals surface area contributed by atoms with Crippen molar-refractivity contribution in [2.24, 2.45) is 0 Å². The van der Waals surface area contributed by atoms with Gasteiger partial charge in [0.1, 0.15) is 6.61 Å². The number of fused-ring (bicyclic) bond motifs is 1. The lowest BCUT2D eigenvalue weighted by Gasteiger charge is -2.35. The number of amides is 1. The van der Waals surface area contributed by atoms with Crippen molar-refractivity contribution < 1.29 is 9.53 Å². The molecule has 2 aromatic carbocycles. The van der Waals surface area contributed by atoms with Crippen molar-refractivity contribution >= 4 is 17.0 Å². The second-order valence-electron chi connectivity index (χ2n) is 6.70. The zero-order valence-corrected chi connectivity index (χ0v) is 14.7. The Hall–Kier alpha value is -2.88. The molecule has 1 aromatic heterocycles. The van der Waals surface area contributed by atoms with E-state index < -0.39 is 0 Å². The molecule has 0 N–H and O–H groups in total. The third kappa shape index (κ3) is 3.54. The molecule has 0 aliphatic carbocycles. The maximum Gasteiger partial charge on any atom is 0.410 e. The minimum absolute atomic E-state index is 0.0663. The first kappa shape index (κ1) is 16.6. The van der Waals surface area contributed by atoms with Crippen LogP contribution in [-0.4, -0.2) is 22.5 Å². The summed E-state index contributed by atoms with van der Waals surface area (Å²) in [4.78, 5) is 19.0. The molecular weight excluding hydrogens is 324 g/mol. The van der Waals surface area contributed by atoms with Gasteiger partial charge in [-0.05, 0) is 48.6 Å². The van der Waals surface area contributed by atoms with Gasteiger partial charge in [-0.25, -0.2) is 4.79 Å². The summed E-state index contributed by atoms with van der Waals surface area (Å²) < 4.78 is 5.58. The van der Waals surface area contributed by atoms with Gasteiger partial charge in [0.25, 0.3) is 0 Å². The van der Waals surface area contributed by atoms with Crippen molar-refractivity contribution in [2.75, 3.05) is 6.54 Å². The molecule has 1 unspecified atom stereocenters. The smallest absolute Gasteiger partial charge is 0.410 e. The van der Waals surface area contributed by atoms with Crippen LogP contribution in [0.1, 0.15) is 36.4 Å². The van der Waals surface area contributed by atoms with E-state index in [0.29, 0.717) is 6.61 Å². The molecule has 26 heavy (non-hydrogen) atoms. The van der Waals surface area contributed by atoms with E-state index in [1.54, 1.807) is 6.20 Å². The number of piperidine rings is 1. The van der Waals surface area contributed by atoms with Crippen LogP contribution in [0.25, 0.3) is 10.9 Å².